The number of halogens is 1. The molecule has 154 valence electrons. The molecule has 2 aromatic carbocycles. The molecule has 1 aliphatic rings. The molecule has 3 aromatic rings. The Kier molecular flexibility index (Phi) is 6.35. The van der Waals surface area contributed by atoms with Gasteiger partial charge in [0.05, 0.1) is 5.75 Å². The lowest BCUT2D eigenvalue weighted by Crippen LogP contribution is -2.23. The van der Waals surface area contributed by atoms with Gasteiger partial charge in [0, 0.05) is 29.2 Å². The summed E-state index contributed by atoms with van der Waals surface area (Å²) in [5.41, 5.74) is 1.30. The van der Waals surface area contributed by atoms with Gasteiger partial charge in [-0.2, -0.15) is 0 Å². The van der Waals surface area contributed by atoms with E-state index in [1.165, 1.54) is 0 Å². The highest BCUT2D eigenvalue weighted by atomic mass is 35.5. The summed E-state index contributed by atoms with van der Waals surface area (Å²) in [5, 5.41) is 8.79. The molecule has 1 fully saturated rings. The number of anilines is 1. The van der Waals surface area contributed by atoms with Crippen LogP contribution in [0.15, 0.2) is 58.2 Å². The summed E-state index contributed by atoms with van der Waals surface area (Å²) in [4.78, 5) is 26.2. The van der Waals surface area contributed by atoms with Crippen LogP contribution in [-0.4, -0.2) is 34.2 Å². The van der Waals surface area contributed by atoms with Gasteiger partial charge < -0.3 is 14.1 Å². The van der Waals surface area contributed by atoms with Crippen molar-refractivity contribution in [3.8, 4) is 5.75 Å². The lowest BCUT2D eigenvalue weighted by Gasteiger charge is -2.16. The van der Waals surface area contributed by atoms with Crippen LogP contribution in [0.25, 0.3) is 0 Å². The summed E-state index contributed by atoms with van der Waals surface area (Å²) in [5.74, 6) is 1.11. The van der Waals surface area contributed by atoms with Gasteiger partial charge in [0.2, 0.25) is 5.91 Å². The average molecular weight is 444 g/mol. The molecular formula is C21H18ClN3O4S. The molecule has 0 atom stereocenters. The first-order chi connectivity index (χ1) is 14.6. The van der Waals surface area contributed by atoms with Crippen molar-refractivity contribution in [3.63, 3.8) is 0 Å². The Morgan fingerprint density at radius 2 is 2.03 bits per heavy atom. The van der Waals surface area contributed by atoms with Crippen molar-refractivity contribution < 1.29 is 18.7 Å². The molecule has 0 aliphatic carbocycles. The van der Waals surface area contributed by atoms with Crippen molar-refractivity contribution in [2.24, 2.45) is 0 Å². The third kappa shape index (κ3) is 5.01. The van der Waals surface area contributed by atoms with Crippen LogP contribution in [0.5, 0.6) is 5.75 Å². The molecule has 1 aliphatic heterocycles. The Bertz CT molecular complexity index is 1050. The van der Waals surface area contributed by atoms with E-state index in [0.29, 0.717) is 40.4 Å². The van der Waals surface area contributed by atoms with Crippen LogP contribution in [0.4, 0.5) is 5.69 Å². The smallest absolute Gasteiger partial charge is 0.277 e. The lowest BCUT2D eigenvalue weighted by atomic mass is 10.1. The van der Waals surface area contributed by atoms with Crippen LogP contribution in [-0.2, 0) is 11.4 Å². The Hall–Kier alpha value is -2.84. The van der Waals surface area contributed by atoms with Crippen molar-refractivity contribution in [2.45, 2.75) is 24.7 Å². The van der Waals surface area contributed by atoms with E-state index in [-0.39, 0.29) is 24.1 Å². The van der Waals surface area contributed by atoms with Gasteiger partial charge in [-0.25, -0.2) is 0 Å². The molecular weight excluding hydrogens is 426 g/mol. The number of thioether (sulfide) groups is 1. The van der Waals surface area contributed by atoms with Crippen molar-refractivity contribution in [2.75, 3.05) is 17.2 Å². The highest BCUT2D eigenvalue weighted by molar-refractivity contribution is 7.99. The molecule has 0 radical (unpaired) electrons. The van der Waals surface area contributed by atoms with Gasteiger partial charge >= 0.3 is 0 Å². The predicted molar refractivity (Wildman–Crippen MR) is 113 cm³/mol. The third-order valence-electron chi connectivity index (χ3n) is 4.50. The molecule has 0 spiro atoms. The first-order valence-corrected chi connectivity index (χ1v) is 10.7. The molecule has 1 amide bonds. The van der Waals surface area contributed by atoms with Crippen LogP contribution in [0.3, 0.4) is 0 Å². The summed E-state index contributed by atoms with van der Waals surface area (Å²) in [6, 6.07) is 14.1. The van der Waals surface area contributed by atoms with Crippen LogP contribution in [0, 0.1) is 0 Å². The molecule has 0 N–H and O–H groups in total. The minimum atomic E-state index is -0.0781. The maximum absolute atomic E-state index is 12.6. The second-order valence-corrected chi connectivity index (χ2v) is 7.98. The lowest BCUT2D eigenvalue weighted by molar-refractivity contribution is -0.117. The van der Waals surface area contributed by atoms with E-state index in [2.05, 4.69) is 10.2 Å². The maximum atomic E-state index is 12.6. The molecule has 0 bridgehead atoms. The van der Waals surface area contributed by atoms with E-state index in [1.807, 2.05) is 6.07 Å². The fourth-order valence-electron chi connectivity index (χ4n) is 3.01. The largest absolute Gasteiger partial charge is 0.484 e. The van der Waals surface area contributed by atoms with Crippen molar-refractivity contribution in [3.05, 3.63) is 65.0 Å². The number of benzene rings is 2. The fourth-order valence-corrected chi connectivity index (χ4v) is 3.81. The highest BCUT2D eigenvalue weighted by Gasteiger charge is 2.22. The second kappa shape index (κ2) is 9.32. The van der Waals surface area contributed by atoms with E-state index in [0.717, 1.165) is 23.9 Å². The number of ether oxygens (including phenoxy) is 1. The maximum Gasteiger partial charge on any atom is 0.277 e. The zero-order valence-corrected chi connectivity index (χ0v) is 17.5. The van der Waals surface area contributed by atoms with Crippen LogP contribution >= 0.6 is 23.4 Å². The number of carbonyl (C=O) groups excluding carboxylic acids is 2. The summed E-state index contributed by atoms with van der Waals surface area (Å²) in [6.45, 7) is 0.809. The minimum Gasteiger partial charge on any atom is -0.484 e. The minimum absolute atomic E-state index is 0.0781. The van der Waals surface area contributed by atoms with E-state index in [9.17, 15) is 9.59 Å². The predicted octanol–water partition coefficient (Wildman–Crippen LogP) is 4.40. The van der Waals surface area contributed by atoms with Crippen LogP contribution < -0.4 is 9.64 Å². The number of amides is 1. The van der Waals surface area contributed by atoms with Gasteiger partial charge in [-0.15, -0.1) is 10.2 Å². The van der Waals surface area contributed by atoms with Crippen molar-refractivity contribution in [1.82, 2.24) is 10.2 Å². The van der Waals surface area contributed by atoms with Gasteiger partial charge in [0.15, 0.2) is 12.4 Å². The first kappa shape index (κ1) is 20.4. The zero-order valence-electron chi connectivity index (χ0n) is 15.9. The molecule has 9 heteroatoms. The zero-order chi connectivity index (χ0) is 20.9. The Balaban J connectivity index is 1.31. The third-order valence-corrected chi connectivity index (χ3v) is 5.57. The number of rotatable bonds is 8. The van der Waals surface area contributed by atoms with Crippen LogP contribution in [0.1, 0.15) is 29.1 Å². The normalized spacial score (nSPS) is 13.6. The van der Waals surface area contributed by atoms with Gasteiger partial charge in [-0.05, 0) is 42.8 Å². The van der Waals surface area contributed by atoms with E-state index in [1.54, 1.807) is 47.4 Å². The Morgan fingerprint density at radius 3 is 2.80 bits per heavy atom. The second-order valence-electron chi connectivity index (χ2n) is 6.62. The summed E-state index contributed by atoms with van der Waals surface area (Å²) in [7, 11) is 0. The number of nitrogens with zero attached hydrogens (tertiary/aromatic N) is 3. The number of hydrogen-bond acceptors (Lipinski definition) is 7. The first-order valence-electron chi connectivity index (χ1n) is 9.36. The molecule has 2 heterocycles. The highest BCUT2D eigenvalue weighted by Crippen LogP contribution is 2.24. The fraction of sp³-hybridized carbons (Fsp3) is 0.238. The number of Topliss-reactive ketones (excluding diaryl/α,β-unsaturated/α-hetero) is 1. The molecule has 7 nitrogen and oxygen atoms in total. The van der Waals surface area contributed by atoms with Crippen molar-refractivity contribution >= 4 is 40.7 Å². The molecule has 1 saturated heterocycles. The summed E-state index contributed by atoms with van der Waals surface area (Å²) < 4.78 is 11.1. The van der Waals surface area contributed by atoms with E-state index in [4.69, 9.17) is 20.8 Å². The van der Waals surface area contributed by atoms with Crippen LogP contribution in [0.2, 0.25) is 5.02 Å². The molecule has 0 saturated carbocycles. The number of carbonyl (C=O) groups is 2. The number of ketones is 1. The molecule has 4 rings (SSSR count). The molecule has 1 aromatic heterocycles. The topological polar surface area (TPSA) is 85.5 Å². The number of aromatic nitrogens is 2. The Labute approximate surface area is 182 Å². The molecule has 30 heavy (non-hydrogen) atoms. The average Bonchev–Trinajstić information content (AvgIpc) is 3.40. The van der Waals surface area contributed by atoms with E-state index >= 15 is 0 Å². The quantitative estimate of drug-likeness (QED) is 0.376. The van der Waals surface area contributed by atoms with Gasteiger partial charge in [0.1, 0.15) is 5.75 Å². The summed E-state index contributed by atoms with van der Waals surface area (Å²) in [6.07, 6.45) is 1.39. The monoisotopic (exact) mass is 443 g/mol. The van der Waals surface area contributed by atoms with Gasteiger partial charge in [0.25, 0.3) is 11.1 Å². The van der Waals surface area contributed by atoms with E-state index < -0.39 is 0 Å². The van der Waals surface area contributed by atoms with Gasteiger partial charge in [-0.3, -0.25) is 9.59 Å². The van der Waals surface area contributed by atoms with Crippen molar-refractivity contribution in [1.29, 1.82) is 0 Å². The number of hydrogen-bond donors (Lipinski definition) is 0. The standard InChI is InChI=1S/C21H18ClN3O4S/c22-15-6-8-17(9-7-15)28-12-19-23-24-21(29-19)30-13-18(26)14-3-1-4-16(11-14)25-10-2-5-20(25)27/h1,3-4,6-9,11H,2,5,10,12-13H2. The SMILES string of the molecule is O=C(CSc1nnc(COc2ccc(Cl)cc2)o1)c1cccc(N2CCCC2=O)c1. The molecule has 0 unspecified atom stereocenters. The summed E-state index contributed by atoms with van der Waals surface area (Å²) >= 11 is 7.00. The Morgan fingerprint density at radius 1 is 1.20 bits per heavy atom. The van der Waals surface area contributed by atoms with Gasteiger partial charge in [-0.1, -0.05) is 35.5 Å².